The third-order valence-corrected chi connectivity index (χ3v) is 4.17. The first kappa shape index (κ1) is 14.5. The lowest BCUT2D eigenvalue weighted by Gasteiger charge is -2.17. The number of anilines is 1. The van der Waals surface area contributed by atoms with Crippen LogP contribution in [0.25, 0.3) is 11.0 Å². The van der Waals surface area contributed by atoms with Gasteiger partial charge >= 0.3 is 0 Å². The molecule has 0 radical (unpaired) electrons. The Bertz CT molecular complexity index is 910. The number of para-hydroxylation sites is 1. The van der Waals surface area contributed by atoms with E-state index in [1.165, 1.54) is 0 Å². The number of hydrogen-bond donors (Lipinski definition) is 2. The maximum absolute atomic E-state index is 12.3. The normalized spacial score (nSPS) is 13.4. The van der Waals surface area contributed by atoms with Crippen molar-refractivity contribution < 1.29 is 14.0 Å². The summed E-state index contributed by atoms with van der Waals surface area (Å²) in [5, 5.41) is 6.67. The smallest absolute Gasteiger partial charge is 0.251 e. The van der Waals surface area contributed by atoms with Crippen molar-refractivity contribution in [3.05, 3.63) is 65.4 Å². The van der Waals surface area contributed by atoms with Crippen LogP contribution in [0, 0.1) is 0 Å². The minimum absolute atomic E-state index is 0.0117. The van der Waals surface area contributed by atoms with Gasteiger partial charge in [-0.05, 0) is 36.2 Å². The summed E-state index contributed by atoms with van der Waals surface area (Å²) < 4.78 is 5.69. The van der Waals surface area contributed by atoms with Crippen molar-refractivity contribution in [1.29, 1.82) is 0 Å². The van der Waals surface area contributed by atoms with E-state index >= 15 is 0 Å². The van der Waals surface area contributed by atoms with Crippen LogP contribution < -0.4 is 10.6 Å². The van der Waals surface area contributed by atoms with Crippen LogP contribution in [0.4, 0.5) is 5.69 Å². The van der Waals surface area contributed by atoms with Crippen LogP contribution in [-0.4, -0.2) is 11.8 Å². The summed E-state index contributed by atoms with van der Waals surface area (Å²) in [6, 6.07) is 15.0. The Hall–Kier alpha value is -3.08. The number of rotatable bonds is 3. The minimum atomic E-state index is -0.196. The third kappa shape index (κ3) is 2.76. The average Bonchev–Trinajstić information content (AvgIpc) is 3.02. The molecule has 0 saturated heterocycles. The van der Waals surface area contributed by atoms with Crippen LogP contribution in [0.1, 0.15) is 28.1 Å². The van der Waals surface area contributed by atoms with Gasteiger partial charge in [-0.3, -0.25) is 9.59 Å². The average molecular weight is 320 g/mol. The molecule has 2 heterocycles. The molecule has 0 unspecified atom stereocenters. The summed E-state index contributed by atoms with van der Waals surface area (Å²) >= 11 is 0. The van der Waals surface area contributed by atoms with Gasteiger partial charge in [-0.1, -0.05) is 24.3 Å². The lowest BCUT2D eigenvalue weighted by molar-refractivity contribution is -0.116. The topological polar surface area (TPSA) is 71.3 Å². The Morgan fingerprint density at radius 3 is 2.88 bits per heavy atom. The quantitative estimate of drug-likeness (QED) is 0.778. The summed E-state index contributed by atoms with van der Waals surface area (Å²) in [5.74, 6) is 0.497. The highest BCUT2D eigenvalue weighted by Gasteiger charge is 2.16. The lowest BCUT2D eigenvalue weighted by atomic mass is 10.0. The first-order valence-electron chi connectivity index (χ1n) is 7.87. The van der Waals surface area contributed by atoms with E-state index in [0.29, 0.717) is 30.7 Å². The summed E-state index contributed by atoms with van der Waals surface area (Å²) in [5.41, 5.74) is 3.11. The van der Waals surface area contributed by atoms with Crippen molar-refractivity contribution in [2.24, 2.45) is 0 Å². The fourth-order valence-electron chi connectivity index (χ4n) is 2.91. The minimum Gasteiger partial charge on any atom is -0.459 e. The molecule has 1 aromatic heterocycles. The first-order valence-corrected chi connectivity index (χ1v) is 7.87. The summed E-state index contributed by atoms with van der Waals surface area (Å²) in [7, 11) is 0. The molecule has 2 aromatic carbocycles. The molecule has 120 valence electrons. The van der Waals surface area contributed by atoms with Crippen LogP contribution in [0.15, 0.2) is 52.9 Å². The molecule has 0 aliphatic carbocycles. The van der Waals surface area contributed by atoms with E-state index in [1.54, 1.807) is 12.1 Å². The van der Waals surface area contributed by atoms with Crippen LogP contribution in [-0.2, 0) is 17.8 Å². The van der Waals surface area contributed by atoms with E-state index in [0.717, 1.165) is 22.2 Å². The maximum Gasteiger partial charge on any atom is 0.251 e. The predicted molar refractivity (Wildman–Crippen MR) is 90.8 cm³/mol. The van der Waals surface area contributed by atoms with Gasteiger partial charge in [0.2, 0.25) is 5.91 Å². The summed E-state index contributed by atoms with van der Waals surface area (Å²) in [6.45, 7) is 0.316. The molecule has 2 amide bonds. The van der Waals surface area contributed by atoms with Crippen molar-refractivity contribution in [3.63, 3.8) is 0 Å². The van der Waals surface area contributed by atoms with E-state index in [9.17, 15) is 9.59 Å². The van der Waals surface area contributed by atoms with E-state index in [2.05, 4.69) is 10.6 Å². The maximum atomic E-state index is 12.3. The van der Waals surface area contributed by atoms with Gasteiger partial charge in [0.25, 0.3) is 5.91 Å². The Labute approximate surface area is 138 Å². The van der Waals surface area contributed by atoms with Gasteiger partial charge in [0.1, 0.15) is 11.3 Å². The Morgan fingerprint density at radius 1 is 1.12 bits per heavy atom. The van der Waals surface area contributed by atoms with Crippen LogP contribution in [0.5, 0.6) is 0 Å². The zero-order valence-electron chi connectivity index (χ0n) is 13.0. The van der Waals surface area contributed by atoms with Gasteiger partial charge in [-0.2, -0.15) is 0 Å². The number of carbonyl (C=O) groups is 2. The number of benzene rings is 2. The molecule has 1 aliphatic heterocycles. The van der Waals surface area contributed by atoms with E-state index in [-0.39, 0.29) is 11.8 Å². The molecule has 24 heavy (non-hydrogen) atoms. The second-order valence-corrected chi connectivity index (χ2v) is 5.85. The molecule has 3 aromatic rings. The number of amides is 2. The third-order valence-electron chi connectivity index (χ3n) is 4.17. The van der Waals surface area contributed by atoms with Crippen LogP contribution >= 0.6 is 0 Å². The zero-order valence-corrected chi connectivity index (χ0v) is 13.0. The second-order valence-electron chi connectivity index (χ2n) is 5.85. The van der Waals surface area contributed by atoms with Crippen LogP contribution in [0.3, 0.4) is 0 Å². The number of hydrogen-bond acceptors (Lipinski definition) is 3. The molecule has 1 aliphatic rings. The van der Waals surface area contributed by atoms with E-state index < -0.39 is 0 Å². The van der Waals surface area contributed by atoms with Gasteiger partial charge in [0.05, 0.1) is 6.54 Å². The number of aryl methyl sites for hydroxylation is 1. The predicted octanol–water partition coefficient (Wildman–Crippen LogP) is 3.25. The van der Waals surface area contributed by atoms with Gasteiger partial charge < -0.3 is 15.1 Å². The Kier molecular flexibility index (Phi) is 3.54. The number of carbonyl (C=O) groups excluding carboxylic acids is 2. The van der Waals surface area contributed by atoms with Crippen molar-refractivity contribution in [1.82, 2.24) is 5.32 Å². The molecule has 5 nitrogen and oxygen atoms in total. The highest BCUT2D eigenvalue weighted by molar-refractivity contribution is 5.99. The molecule has 4 rings (SSSR count). The van der Waals surface area contributed by atoms with Gasteiger partial charge in [0, 0.05) is 23.1 Å². The summed E-state index contributed by atoms with van der Waals surface area (Å²) in [4.78, 5) is 23.8. The molecule has 2 N–H and O–H groups in total. The number of furan rings is 1. The zero-order chi connectivity index (χ0) is 16.5. The fourth-order valence-corrected chi connectivity index (χ4v) is 2.91. The van der Waals surface area contributed by atoms with E-state index in [1.807, 2.05) is 36.4 Å². The second kappa shape index (κ2) is 5.85. The molecular weight excluding hydrogens is 304 g/mol. The molecule has 0 bridgehead atoms. The van der Waals surface area contributed by atoms with Crippen molar-refractivity contribution in [2.45, 2.75) is 19.4 Å². The first-order chi connectivity index (χ1) is 11.7. The molecular formula is C19H16N2O3. The molecule has 5 heteroatoms. The fraction of sp³-hybridized carbons (Fsp3) is 0.158. The molecule has 0 spiro atoms. The van der Waals surface area contributed by atoms with Gasteiger partial charge in [0.15, 0.2) is 0 Å². The number of fused-ring (bicyclic) bond motifs is 2. The van der Waals surface area contributed by atoms with Crippen LogP contribution in [0.2, 0.25) is 0 Å². The monoisotopic (exact) mass is 320 g/mol. The largest absolute Gasteiger partial charge is 0.459 e. The SMILES string of the molecule is O=C1CCc2ccc(C(=O)NCc3cc4ccccc4o3)cc2N1. The van der Waals surface area contributed by atoms with Gasteiger partial charge in [-0.15, -0.1) is 0 Å². The van der Waals surface area contributed by atoms with Crippen molar-refractivity contribution >= 4 is 28.5 Å². The lowest BCUT2D eigenvalue weighted by Crippen LogP contribution is -2.24. The Balaban J connectivity index is 1.48. The van der Waals surface area contributed by atoms with Crippen molar-refractivity contribution in [2.75, 3.05) is 5.32 Å². The number of nitrogens with one attached hydrogen (secondary N) is 2. The van der Waals surface area contributed by atoms with Gasteiger partial charge in [-0.25, -0.2) is 0 Å². The molecule has 0 fully saturated rings. The Morgan fingerprint density at radius 2 is 2.00 bits per heavy atom. The van der Waals surface area contributed by atoms with E-state index in [4.69, 9.17) is 4.42 Å². The standard InChI is InChI=1S/C19H16N2O3/c22-18-8-7-12-5-6-14(10-16(12)21-18)19(23)20-11-15-9-13-3-1-2-4-17(13)24-15/h1-6,9-10H,7-8,11H2,(H,20,23)(H,21,22). The molecule has 0 saturated carbocycles. The highest BCUT2D eigenvalue weighted by Crippen LogP contribution is 2.24. The van der Waals surface area contributed by atoms with Crippen molar-refractivity contribution in [3.8, 4) is 0 Å². The summed E-state index contributed by atoms with van der Waals surface area (Å²) in [6.07, 6.45) is 1.20. The highest BCUT2D eigenvalue weighted by atomic mass is 16.3. The molecule has 0 atom stereocenters.